The minimum Gasteiger partial charge on any atom is -0.328 e. The molecule has 3 atom stereocenters. The van der Waals surface area contributed by atoms with Gasteiger partial charge in [0.15, 0.2) is 0 Å². The van der Waals surface area contributed by atoms with Gasteiger partial charge in [-0.3, -0.25) is 9.59 Å². The first kappa shape index (κ1) is 15.6. The van der Waals surface area contributed by atoms with Gasteiger partial charge < -0.3 is 9.47 Å². The first-order valence-electron chi connectivity index (χ1n) is 8.42. The third-order valence-corrected chi connectivity index (χ3v) is 5.50. The van der Waals surface area contributed by atoms with E-state index < -0.39 is 0 Å². The number of carbonyl (C=O) groups is 1. The van der Waals surface area contributed by atoms with Gasteiger partial charge in [-0.2, -0.15) is 0 Å². The van der Waals surface area contributed by atoms with Crippen LogP contribution in [0.15, 0.2) is 47.3 Å². The lowest BCUT2D eigenvalue weighted by Crippen LogP contribution is -3.15. The van der Waals surface area contributed by atoms with E-state index in [0.717, 1.165) is 37.3 Å². The van der Waals surface area contributed by atoms with Crippen molar-refractivity contribution in [2.24, 2.45) is 5.92 Å². The third-order valence-electron chi connectivity index (χ3n) is 5.25. The van der Waals surface area contributed by atoms with Gasteiger partial charge in [0.05, 0.1) is 13.1 Å². The lowest BCUT2D eigenvalue weighted by atomic mass is 9.83. The number of hydrogen-bond acceptors (Lipinski definition) is 2. The van der Waals surface area contributed by atoms with Crippen molar-refractivity contribution in [2.45, 2.75) is 18.9 Å². The Morgan fingerprint density at radius 1 is 1.17 bits per heavy atom. The fourth-order valence-electron chi connectivity index (χ4n) is 4.23. The van der Waals surface area contributed by atoms with Crippen LogP contribution in [0.2, 0.25) is 5.02 Å². The first-order chi connectivity index (χ1) is 11.6. The van der Waals surface area contributed by atoms with Gasteiger partial charge in [-0.15, -0.1) is 0 Å². The van der Waals surface area contributed by atoms with Gasteiger partial charge in [0.1, 0.15) is 6.54 Å². The van der Waals surface area contributed by atoms with Gasteiger partial charge in [0.25, 0.3) is 5.56 Å². The highest BCUT2D eigenvalue weighted by molar-refractivity contribution is 6.30. The highest BCUT2D eigenvalue weighted by atomic mass is 35.5. The van der Waals surface area contributed by atoms with Crippen LogP contribution in [0.25, 0.3) is 0 Å². The topological polar surface area (TPSA) is 43.5 Å². The fourth-order valence-corrected chi connectivity index (χ4v) is 4.35. The lowest BCUT2D eigenvalue weighted by Gasteiger charge is -2.40. The van der Waals surface area contributed by atoms with Gasteiger partial charge >= 0.3 is 0 Å². The number of fused-ring (bicyclic) bond motifs is 4. The Labute approximate surface area is 145 Å². The molecule has 1 unspecified atom stereocenters. The van der Waals surface area contributed by atoms with E-state index in [1.54, 1.807) is 30.3 Å². The summed E-state index contributed by atoms with van der Waals surface area (Å²) in [7, 11) is 0. The summed E-state index contributed by atoms with van der Waals surface area (Å²) in [5.41, 5.74) is 1.96. The second kappa shape index (κ2) is 6.19. The van der Waals surface area contributed by atoms with Crippen LogP contribution in [0.5, 0.6) is 0 Å². The summed E-state index contributed by atoms with van der Waals surface area (Å²) in [6.45, 7) is 3.16. The van der Waals surface area contributed by atoms with E-state index in [9.17, 15) is 9.59 Å². The zero-order valence-corrected chi connectivity index (χ0v) is 14.1. The number of rotatable bonds is 3. The number of aromatic nitrogens is 1. The Bertz CT molecular complexity index is 828. The average Bonchev–Trinajstić information content (AvgIpc) is 2.56. The highest BCUT2D eigenvalue weighted by Crippen LogP contribution is 2.29. The second-order valence-electron chi connectivity index (χ2n) is 6.96. The summed E-state index contributed by atoms with van der Waals surface area (Å²) in [5, 5.41) is 0.647. The quantitative estimate of drug-likeness (QED) is 0.856. The minimum atomic E-state index is 0.0999. The van der Waals surface area contributed by atoms with Gasteiger partial charge in [0, 0.05) is 40.7 Å². The van der Waals surface area contributed by atoms with Crippen molar-refractivity contribution in [3.63, 3.8) is 0 Å². The molecule has 0 saturated carbocycles. The van der Waals surface area contributed by atoms with E-state index in [1.165, 1.54) is 4.90 Å². The summed E-state index contributed by atoms with van der Waals surface area (Å²) in [6, 6.07) is 12.7. The molecule has 4 nitrogen and oxygen atoms in total. The van der Waals surface area contributed by atoms with Crippen molar-refractivity contribution >= 4 is 17.4 Å². The number of Topliss-reactive ketones (excluding diaryl/α,β-unsaturated/α-hetero) is 1. The number of pyridine rings is 1. The highest BCUT2D eigenvalue weighted by Gasteiger charge is 2.37. The number of nitrogens with one attached hydrogen (secondary N) is 1. The normalized spacial score (nSPS) is 25.1. The number of quaternary nitrogens is 1. The van der Waals surface area contributed by atoms with E-state index in [1.807, 2.05) is 10.6 Å². The van der Waals surface area contributed by atoms with Crippen molar-refractivity contribution < 1.29 is 9.69 Å². The Morgan fingerprint density at radius 3 is 2.75 bits per heavy atom. The molecule has 2 aliphatic rings. The number of hydrogen-bond donors (Lipinski definition) is 1. The molecule has 1 saturated heterocycles. The maximum absolute atomic E-state index is 12.5. The van der Waals surface area contributed by atoms with Crippen molar-refractivity contribution in [2.75, 3.05) is 19.6 Å². The molecule has 0 amide bonds. The van der Waals surface area contributed by atoms with Crippen LogP contribution in [0.4, 0.5) is 0 Å². The molecule has 2 aromatic rings. The Balaban J connectivity index is 1.51. The summed E-state index contributed by atoms with van der Waals surface area (Å²) < 4.78 is 1.93. The summed E-state index contributed by atoms with van der Waals surface area (Å²) in [5.74, 6) is 1.01. The van der Waals surface area contributed by atoms with Gasteiger partial charge in [0.2, 0.25) is 5.78 Å². The van der Waals surface area contributed by atoms with Crippen LogP contribution in [0, 0.1) is 5.92 Å². The van der Waals surface area contributed by atoms with Crippen LogP contribution < -0.4 is 10.5 Å². The van der Waals surface area contributed by atoms with Crippen molar-refractivity contribution in [1.29, 1.82) is 0 Å². The predicted molar refractivity (Wildman–Crippen MR) is 92.9 cm³/mol. The molecular formula is C19H20ClN2O2+. The maximum Gasteiger partial charge on any atom is 0.250 e. The van der Waals surface area contributed by atoms with Crippen LogP contribution in [0.1, 0.15) is 28.4 Å². The molecule has 2 bridgehead atoms. The number of carbonyl (C=O) groups excluding carboxylic acids is 1. The number of benzene rings is 1. The monoisotopic (exact) mass is 343 g/mol. The third kappa shape index (κ3) is 2.92. The number of likely N-dealkylation sites (tertiary alicyclic amines) is 1. The minimum absolute atomic E-state index is 0.0999. The summed E-state index contributed by atoms with van der Waals surface area (Å²) >= 11 is 5.89. The van der Waals surface area contributed by atoms with Crippen molar-refractivity contribution in [3.8, 4) is 0 Å². The van der Waals surface area contributed by atoms with Gasteiger partial charge in [-0.1, -0.05) is 17.7 Å². The molecule has 1 N–H and O–H groups in total. The van der Waals surface area contributed by atoms with Gasteiger partial charge in [-0.25, -0.2) is 0 Å². The van der Waals surface area contributed by atoms with E-state index in [-0.39, 0.29) is 11.3 Å². The zero-order valence-electron chi connectivity index (χ0n) is 13.4. The number of nitrogens with zero attached hydrogens (tertiary/aromatic N) is 1. The molecule has 1 aromatic heterocycles. The smallest absolute Gasteiger partial charge is 0.250 e. The van der Waals surface area contributed by atoms with Crippen LogP contribution >= 0.6 is 11.6 Å². The van der Waals surface area contributed by atoms with Crippen LogP contribution in [-0.2, 0) is 6.54 Å². The summed E-state index contributed by atoms with van der Waals surface area (Å²) in [6.07, 6.45) is 1.13. The largest absolute Gasteiger partial charge is 0.328 e. The predicted octanol–water partition coefficient (Wildman–Crippen LogP) is 1.39. The number of ketones is 1. The van der Waals surface area contributed by atoms with E-state index in [4.69, 9.17) is 11.6 Å². The van der Waals surface area contributed by atoms with Crippen molar-refractivity contribution in [3.05, 3.63) is 69.1 Å². The molecule has 24 heavy (non-hydrogen) atoms. The van der Waals surface area contributed by atoms with Crippen molar-refractivity contribution in [1.82, 2.24) is 4.57 Å². The second-order valence-corrected chi connectivity index (χ2v) is 7.40. The lowest BCUT2D eigenvalue weighted by molar-refractivity contribution is -0.902. The molecule has 2 aliphatic heterocycles. The fraction of sp³-hybridized carbons (Fsp3) is 0.368. The van der Waals surface area contributed by atoms with Crippen LogP contribution in [-0.4, -0.2) is 30.0 Å². The zero-order chi connectivity index (χ0) is 16.7. The van der Waals surface area contributed by atoms with E-state index in [0.29, 0.717) is 23.4 Å². The van der Waals surface area contributed by atoms with Gasteiger partial charge in [-0.05, 0) is 36.8 Å². The molecule has 4 rings (SSSR count). The molecule has 5 heteroatoms. The maximum atomic E-state index is 12.5. The molecule has 0 spiro atoms. The summed E-state index contributed by atoms with van der Waals surface area (Å²) in [4.78, 5) is 25.9. The molecule has 0 radical (unpaired) electrons. The number of halogens is 1. The molecule has 3 heterocycles. The van der Waals surface area contributed by atoms with Crippen LogP contribution in [0.3, 0.4) is 0 Å². The van der Waals surface area contributed by atoms with E-state index in [2.05, 4.69) is 6.07 Å². The standard InChI is InChI=1S/C19H19ClN2O2/c20-16-6-4-14(5-7-16)18(23)12-21-9-13-8-15(11-21)17-2-1-3-19(24)22(17)10-13/h1-7,13,15H,8-12H2/p+1/t13-,15+/m0/s1. The number of piperidine rings is 1. The first-order valence-corrected chi connectivity index (χ1v) is 8.80. The molecule has 124 valence electrons. The van der Waals surface area contributed by atoms with E-state index >= 15 is 0 Å². The SMILES string of the molecule is O=C(C[NH+]1C[C@@H]2C[C@H](C1)c1cccc(=O)n1C2)c1ccc(Cl)cc1. The molecular weight excluding hydrogens is 324 g/mol. The molecule has 1 fully saturated rings. The molecule has 0 aliphatic carbocycles. The average molecular weight is 344 g/mol. The Morgan fingerprint density at radius 2 is 1.96 bits per heavy atom. The Kier molecular flexibility index (Phi) is 4.02. The molecule has 1 aromatic carbocycles. The Hall–Kier alpha value is -1.91.